The first-order chi connectivity index (χ1) is 17.4. The van der Waals surface area contributed by atoms with Crippen molar-refractivity contribution in [3.05, 3.63) is 53.3 Å². The second-order valence-corrected chi connectivity index (χ2v) is 9.09. The Hall–Kier alpha value is -3.86. The number of rotatable bonds is 9. The zero-order valence-corrected chi connectivity index (χ0v) is 20.6. The molecule has 1 aliphatic rings. The minimum Gasteiger partial charge on any atom is -0.497 e. The fraction of sp³-hybridized carbons (Fsp3) is 0.440. The number of nitrogens with zero attached hydrogens (tertiary/aromatic N) is 5. The number of tetrazole rings is 1. The third kappa shape index (κ3) is 6.63. The summed E-state index contributed by atoms with van der Waals surface area (Å²) in [6.45, 7) is 2.79. The standard InChI is InChI=1S/C25H32N8O3/c1-16-9-19(12-22(28-16)25(35)27-14-17-5-4-8-21(11-17)36-2)24-30-32-33(31-24)15-18-6-3-7-20(10-18)29-23(34)13-26/h4-5,8-9,11-12,18,20H,3,6-7,10,13-15,26H2,1-2H3,(H,27,35)(H,29,34)/t18-,20-/m1/s1. The van der Waals surface area contributed by atoms with E-state index in [0.717, 1.165) is 37.0 Å². The number of ether oxygens (including phenoxy) is 1. The maximum atomic E-state index is 12.8. The Morgan fingerprint density at radius 1 is 1.22 bits per heavy atom. The monoisotopic (exact) mass is 492 g/mol. The second-order valence-electron chi connectivity index (χ2n) is 9.09. The van der Waals surface area contributed by atoms with E-state index in [0.29, 0.717) is 36.1 Å². The normalized spacial score (nSPS) is 17.4. The molecule has 36 heavy (non-hydrogen) atoms. The van der Waals surface area contributed by atoms with Crippen LogP contribution in [-0.2, 0) is 17.9 Å². The molecular weight excluding hydrogens is 460 g/mol. The molecule has 0 spiro atoms. The van der Waals surface area contributed by atoms with Gasteiger partial charge in [-0.3, -0.25) is 9.59 Å². The van der Waals surface area contributed by atoms with E-state index in [1.165, 1.54) is 0 Å². The minimum atomic E-state index is -0.289. The van der Waals surface area contributed by atoms with Crippen molar-refractivity contribution in [3.8, 4) is 17.1 Å². The predicted molar refractivity (Wildman–Crippen MR) is 133 cm³/mol. The highest BCUT2D eigenvalue weighted by Crippen LogP contribution is 2.26. The summed E-state index contributed by atoms with van der Waals surface area (Å²) in [5.74, 6) is 1.09. The Morgan fingerprint density at radius 3 is 2.89 bits per heavy atom. The molecule has 2 aromatic heterocycles. The number of benzene rings is 1. The lowest BCUT2D eigenvalue weighted by Gasteiger charge is -2.29. The molecule has 1 saturated carbocycles. The highest BCUT2D eigenvalue weighted by Gasteiger charge is 2.24. The van der Waals surface area contributed by atoms with Crippen LogP contribution in [0.1, 0.15) is 47.4 Å². The molecular formula is C25H32N8O3. The van der Waals surface area contributed by atoms with Gasteiger partial charge in [0.05, 0.1) is 20.2 Å². The maximum absolute atomic E-state index is 12.8. The van der Waals surface area contributed by atoms with Gasteiger partial charge >= 0.3 is 0 Å². The van der Waals surface area contributed by atoms with Crippen molar-refractivity contribution in [2.24, 2.45) is 11.7 Å². The zero-order valence-electron chi connectivity index (χ0n) is 20.6. The average molecular weight is 493 g/mol. The van der Waals surface area contributed by atoms with Gasteiger partial charge in [0.1, 0.15) is 11.4 Å². The number of carbonyl (C=O) groups is 2. The van der Waals surface area contributed by atoms with E-state index >= 15 is 0 Å². The van der Waals surface area contributed by atoms with E-state index in [-0.39, 0.29) is 30.1 Å². The van der Waals surface area contributed by atoms with Gasteiger partial charge in [-0.25, -0.2) is 4.98 Å². The Morgan fingerprint density at radius 2 is 2.08 bits per heavy atom. The van der Waals surface area contributed by atoms with Crippen LogP contribution >= 0.6 is 0 Å². The molecule has 1 aromatic carbocycles. The molecule has 11 nitrogen and oxygen atoms in total. The van der Waals surface area contributed by atoms with E-state index in [1.807, 2.05) is 37.3 Å². The molecule has 0 radical (unpaired) electrons. The third-order valence-corrected chi connectivity index (χ3v) is 6.24. The SMILES string of the molecule is COc1cccc(CNC(=O)c2cc(-c3nnn(C[C@@H]4CCC[C@@H](NC(=O)CN)C4)n3)cc(C)n2)c1. The van der Waals surface area contributed by atoms with E-state index in [4.69, 9.17) is 10.5 Å². The van der Waals surface area contributed by atoms with E-state index < -0.39 is 0 Å². The molecule has 0 unspecified atom stereocenters. The van der Waals surface area contributed by atoms with Crippen LogP contribution in [0.4, 0.5) is 0 Å². The van der Waals surface area contributed by atoms with Gasteiger partial charge in [-0.1, -0.05) is 18.6 Å². The van der Waals surface area contributed by atoms with Gasteiger partial charge in [-0.05, 0) is 67.1 Å². The molecule has 11 heteroatoms. The predicted octanol–water partition coefficient (Wildman–Crippen LogP) is 1.62. The fourth-order valence-corrected chi connectivity index (χ4v) is 4.51. The van der Waals surface area contributed by atoms with Crippen LogP contribution in [0.2, 0.25) is 0 Å². The number of methoxy groups -OCH3 is 1. The van der Waals surface area contributed by atoms with E-state index in [2.05, 4.69) is 31.0 Å². The summed E-state index contributed by atoms with van der Waals surface area (Å²) in [6, 6.07) is 11.2. The number of nitrogens with two attached hydrogens (primary N) is 1. The highest BCUT2D eigenvalue weighted by molar-refractivity contribution is 5.93. The lowest BCUT2D eigenvalue weighted by atomic mass is 9.85. The van der Waals surface area contributed by atoms with Crippen LogP contribution in [0.25, 0.3) is 11.4 Å². The number of aromatic nitrogens is 5. The van der Waals surface area contributed by atoms with Crippen molar-refractivity contribution in [1.82, 2.24) is 35.8 Å². The minimum absolute atomic E-state index is 0.00151. The molecule has 3 aromatic rings. The molecule has 0 saturated heterocycles. The summed E-state index contributed by atoms with van der Waals surface area (Å²) in [5.41, 5.74) is 7.99. The lowest BCUT2D eigenvalue weighted by molar-refractivity contribution is -0.120. The molecule has 4 rings (SSSR count). The number of carbonyl (C=O) groups excluding carboxylic acids is 2. The summed E-state index contributed by atoms with van der Waals surface area (Å²) in [6.07, 6.45) is 3.88. The van der Waals surface area contributed by atoms with Crippen LogP contribution in [0.15, 0.2) is 36.4 Å². The molecule has 0 bridgehead atoms. The first-order valence-corrected chi connectivity index (χ1v) is 12.1. The molecule has 1 aliphatic carbocycles. The summed E-state index contributed by atoms with van der Waals surface area (Å²) in [4.78, 5) is 30.4. The Kier molecular flexibility index (Phi) is 8.21. The Labute approximate surface area is 209 Å². The van der Waals surface area contributed by atoms with Gasteiger partial charge in [-0.15, -0.1) is 10.2 Å². The van der Waals surface area contributed by atoms with Crippen molar-refractivity contribution in [2.45, 2.75) is 51.7 Å². The second kappa shape index (κ2) is 11.7. The first-order valence-electron chi connectivity index (χ1n) is 12.1. The van der Waals surface area contributed by atoms with Crippen LogP contribution in [-0.4, -0.2) is 56.7 Å². The third-order valence-electron chi connectivity index (χ3n) is 6.24. The van der Waals surface area contributed by atoms with Crippen molar-refractivity contribution < 1.29 is 14.3 Å². The molecule has 2 heterocycles. The van der Waals surface area contributed by atoms with Crippen molar-refractivity contribution in [3.63, 3.8) is 0 Å². The summed E-state index contributed by atoms with van der Waals surface area (Å²) in [5, 5.41) is 18.9. The van der Waals surface area contributed by atoms with Gasteiger partial charge in [0.15, 0.2) is 0 Å². The summed E-state index contributed by atoms with van der Waals surface area (Å²) in [7, 11) is 1.61. The Balaban J connectivity index is 1.40. The molecule has 2 atom stereocenters. The van der Waals surface area contributed by atoms with E-state index in [1.54, 1.807) is 18.0 Å². The number of hydrogen-bond donors (Lipinski definition) is 3. The van der Waals surface area contributed by atoms with Gasteiger partial charge in [-0.2, -0.15) is 4.80 Å². The van der Waals surface area contributed by atoms with Gasteiger partial charge < -0.3 is 21.1 Å². The van der Waals surface area contributed by atoms with Crippen LogP contribution < -0.4 is 21.1 Å². The van der Waals surface area contributed by atoms with Crippen LogP contribution in [0.5, 0.6) is 5.75 Å². The summed E-state index contributed by atoms with van der Waals surface area (Å²) < 4.78 is 5.23. The lowest BCUT2D eigenvalue weighted by Crippen LogP contribution is -2.42. The van der Waals surface area contributed by atoms with Crippen molar-refractivity contribution >= 4 is 11.8 Å². The zero-order chi connectivity index (χ0) is 25.5. The quantitative estimate of drug-likeness (QED) is 0.408. The largest absolute Gasteiger partial charge is 0.497 e. The number of amides is 2. The molecule has 190 valence electrons. The smallest absolute Gasteiger partial charge is 0.270 e. The summed E-state index contributed by atoms with van der Waals surface area (Å²) >= 11 is 0. The van der Waals surface area contributed by atoms with Crippen molar-refractivity contribution in [2.75, 3.05) is 13.7 Å². The topological polar surface area (TPSA) is 150 Å². The molecule has 1 fully saturated rings. The first kappa shape index (κ1) is 25.2. The number of hydrogen-bond acceptors (Lipinski definition) is 8. The van der Waals surface area contributed by atoms with Crippen molar-refractivity contribution in [1.29, 1.82) is 0 Å². The van der Waals surface area contributed by atoms with Crippen LogP contribution in [0, 0.1) is 12.8 Å². The molecule has 2 amide bonds. The van der Waals surface area contributed by atoms with Gasteiger partial charge in [0, 0.05) is 23.8 Å². The highest BCUT2D eigenvalue weighted by atomic mass is 16.5. The van der Waals surface area contributed by atoms with Gasteiger partial charge in [0.25, 0.3) is 5.91 Å². The van der Waals surface area contributed by atoms with Gasteiger partial charge in [0.2, 0.25) is 11.7 Å². The van der Waals surface area contributed by atoms with Crippen LogP contribution in [0.3, 0.4) is 0 Å². The number of aryl methyl sites for hydroxylation is 1. The number of pyridine rings is 1. The number of nitrogens with one attached hydrogen (secondary N) is 2. The Bertz CT molecular complexity index is 1210. The molecule has 4 N–H and O–H groups in total. The van der Waals surface area contributed by atoms with E-state index in [9.17, 15) is 9.59 Å². The average Bonchev–Trinajstić information content (AvgIpc) is 3.35. The fourth-order valence-electron chi connectivity index (χ4n) is 4.51. The molecule has 0 aliphatic heterocycles. The maximum Gasteiger partial charge on any atom is 0.270 e.